The Balaban J connectivity index is 2.03. The summed E-state index contributed by atoms with van der Waals surface area (Å²) in [6.07, 6.45) is 0. The van der Waals surface area contributed by atoms with Gasteiger partial charge < -0.3 is 25.0 Å². The fourth-order valence-electron chi connectivity index (χ4n) is 2.42. The molecule has 0 fully saturated rings. The van der Waals surface area contributed by atoms with Crippen LogP contribution in [-0.2, 0) is 9.53 Å². The van der Waals surface area contributed by atoms with Crippen molar-refractivity contribution < 1.29 is 19.1 Å². The molecule has 2 rings (SSSR count). The lowest BCUT2D eigenvalue weighted by atomic mass is 10.1. The predicted octanol–water partition coefficient (Wildman–Crippen LogP) is 2.80. The van der Waals surface area contributed by atoms with E-state index in [1.165, 1.54) is 0 Å². The lowest BCUT2D eigenvalue weighted by Gasteiger charge is -2.18. The minimum Gasteiger partial charge on any atom is -0.484 e. The van der Waals surface area contributed by atoms with E-state index in [2.05, 4.69) is 10.6 Å². The minimum absolute atomic E-state index is 0.160. The molecule has 0 saturated carbocycles. The van der Waals surface area contributed by atoms with Crippen molar-refractivity contribution >= 4 is 34.8 Å². The quantitative estimate of drug-likeness (QED) is 0.627. The standard InChI is InChI=1S/C20H24ClN3O4/c1-24(2)18-9-6-15(12-17(18)20(26)22-10-11-27-3)23-19(25)13-28-16-7-4-14(21)5-8-16/h4-9,12H,10-11,13H2,1-3H3,(H,22,26)(H,23,25). The number of nitrogens with one attached hydrogen (secondary N) is 2. The number of methoxy groups -OCH3 is 1. The molecule has 0 spiro atoms. The molecule has 7 nitrogen and oxygen atoms in total. The summed E-state index contributed by atoms with van der Waals surface area (Å²) in [4.78, 5) is 26.5. The highest BCUT2D eigenvalue weighted by Crippen LogP contribution is 2.23. The highest BCUT2D eigenvalue weighted by Gasteiger charge is 2.15. The van der Waals surface area contributed by atoms with Gasteiger partial charge in [0.25, 0.3) is 11.8 Å². The van der Waals surface area contributed by atoms with E-state index in [9.17, 15) is 9.59 Å². The monoisotopic (exact) mass is 405 g/mol. The van der Waals surface area contributed by atoms with Crippen LogP contribution in [0.5, 0.6) is 5.75 Å². The first-order valence-electron chi connectivity index (χ1n) is 8.67. The number of nitrogens with zero attached hydrogens (tertiary/aromatic N) is 1. The van der Waals surface area contributed by atoms with E-state index in [-0.39, 0.29) is 18.4 Å². The number of carbonyl (C=O) groups is 2. The van der Waals surface area contributed by atoms with Crippen molar-refractivity contribution in [2.45, 2.75) is 0 Å². The zero-order chi connectivity index (χ0) is 20.5. The molecule has 0 atom stereocenters. The number of rotatable bonds is 9. The molecule has 0 unspecified atom stereocenters. The summed E-state index contributed by atoms with van der Waals surface area (Å²) < 4.78 is 10.4. The van der Waals surface area contributed by atoms with Crippen molar-refractivity contribution in [3.8, 4) is 5.75 Å². The zero-order valence-corrected chi connectivity index (χ0v) is 16.9. The van der Waals surface area contributed by atoms with Gasteiger partial charge in [0.15, 0.2) is 6.61 Å². The maximum absolute atomic E-state index is 12.5. The van der Waals surface area contributed by atoms with Gasteiger partial charge in [-0.15, -0.1) is 0 Å². The van der Waals surface area contributed by atoms with Gasteiger partial charge in [-0.3, -0.25) is 9.59 Å². The molecule has 0 radical (unpaired) electrons. The molecule has 0 aromatic heterocycles. The van der Waals surface area contributed by atoms with Gasteiger partial charge in [0.2, 0.25) is 0 Å². The van der Waals surface area contributed by atoms with Crippen molar-refractivity contribution in [2.24, 2.45) is 0 Å². The van der Waals surface area contributed by atoms with Crippen molar-refractivity contribution in [3.63, 3.8) is 0 Å². The Morgan fingerprint density at radius 2 is 1.82 bits per heavy atom. The van der Waals surface area contributed by atoms with Crippen LogP contribution in [0.4, 0.5) is 11.4 Å². The second kappa shape index (κ2) is 10.5. The average molecular weight is 406 g/mol. The zero-order valence-electron chi connectivity index (χ0n) is 16.1. The normalized spacial score (nSPS) is 10.3. The van der Waals surface area contributed by atoms with Gasteiger partial charge in [0.1, 0.15) is 5.75 Å². The molecular weight excluding hydrogens is 382 g/mol. The molecule has 0 aliphatic rings. The fourth-order valence-corrected chi connectivity index (χ4v) is 2.55. The molecule has 8 heteroatoms. The summed E-state index contributed by atoms with van der Waals surface area (Å²) in [6.45, 7) is 0.654. The summed E-state index contributed by atoms with van der Waals surface area (Å²) in [5, 5.41) is 6.12. The first-order valence-corrected chi connectivity index (χ1v) is 9.05. The Kier molecular flexibility index (Phi) is 8.10. The number of amides is 2. The molecule has 2 aromatic carbocycles. The van der Waals surface area contributed by atoms with Crippen LogP contribution in [0.25, 0.3) is 0 Å². The first kappa shape index (κ1) is 21.5. The number of anilines is 2. The Bertz CT molecular complexity index is 810. The largest absolute Gasteiger partial charge is 0.484 e. The van der Waals surface area contributed by atoms with E-state index in [0.29, 0.717) is 35.2 Å². The lowest BCUT2D eigenvalue weighted by Crippen LogP contribution is -2.29. The molecule has 0 aliphatic carbocycles. The highest BCUT2D eigenvalue weighted by molar-refractivity contribution is 6.30. The van der Waals surface area contributed by atoms with Gasteiger partial charge in [0, 0.05) is 44.1 Å². The van der Waals surface area contributed by atoms with Crippen LogP contribution in [0.2, 0.25) is 5.02 Å². The summed E-state index contributed by atoms with van der Waals surface area (Å²) >= 11 is 5.82. The van der Waals surface area contributed by atoms with E-state index in [1.807, 2.05) is 19.0 Å². The lowest BCUT2D eigenvalue weighted by molar-refractivity contribution is -0.118. The van der Waals surface area contributed by atoms with Crippen LogP contribution in [0.1, 0.15) is 10.4 Å². The average Bonchev–Trinajstić information content (AvgIpc) is 2.67. The summed E-state index contributed by atoms with van der Waals surface area (Å²) in [5.74, 6) is -0.0340. The fraction of sp³-hybridized carbons (Fsp3) is 0.300. The third-order valence-electron chi connectivity index (χ3n) is 3.78. The first-order chi connectivity index (χ1) is 13.4. The molecule has 0 heterocycles. The SMILES string of the molecule is COCCNC(=O)c1cc(NC(=O)COc2ccc(Cl)cc2)ccc1N(C)C. The van der Waals surface area contributed by atoms with Crippen LogP contribution >= 0.6 is 11.6 Å². The van der Waals surface area contributed by atoms with E-state index >= 15 is 0 Å². The molecular formula is C20H24ClN3O4. The number of hydrogen-bond acceptors (Lipinski definition) is 5. The Hall–Kier alpha value is -2.77. The van der Waals surface area contributed by atoms with Crippen LogP contribution in [-0.4, -0.2) is 52.8 Å². The van der Waals surface area contributed by atoms with Crippen LogP contribution < -0.4 is 20.3 Å². The Labute approximate surface area is 169 Å². The number of benzene rings is 2. The van der Waals surface area contributed by atoms with Gasteiger partial charge >= 0.3 is 0 Å². The molecule has 2 amide bonds. The van der Waals surface area contributed by atoms with Gasteiger partial charge in [-0.25, -0.2) is 0 Å². The third-order valence-corrected chi connectivity index (χ3v) is 4.03. The molecule has 0 bridgehead atoms. The number of hydrogen-bond donors (Lipinski definition) is 2. The van der Waals surface area contributed by atoms with Gasteiger partial charge in [0.05, 0.1) is 12.2 Å². The molecule has 0 aliphatic heterocycles. The maximum atomic E-state index is 12.5. The molecule has 2 N–H and O–H groups in total. The number of carbonyl (C=O) groups excluding carboxylic acids is 2. The number of ether oxygens (including phenoxy) is 2. The van der Waals surface area contributed by atoms with E-state index in [0.717, 1.165) is 5.69 Å². The maximum Gasteiger partial charge on any atom is 0.262 e. The third kappa shape index (κ3) is 6.44. The van der Waals surface area contributed by atoms with Gasteiger partial charge in [-0.05, 0) is 42.5 Å². The Morgan fingerprint density at radius 1 is 1.11 bits per heavy atom. The smallest absolute Gasteiger partial charge is 0.262 e. The molecule has 0 saturated heterocycles. The minimum atomic E-state index is -0.335. The van der Waals surface area contributed by atoms with Gasteiger partial charge in [-0.1, -0.05) is 11.6 Å². The predicted molar refractivity (Wildman–Crippen MR) is 111 cm³/mol. The van der Waals surface area contributed by atoms with Crippen molar-refractivity contribution in [2.75, 3.05) is 51.2 Å². The van der Waals surface area contributed by atoms with Crippen LogP contribution in [0.15, 0.2) is 42.5 Å². The summed E-state index contributed by atoms with van der Waals surface area (Å²) in [5.41, 5.74) is 1.70. The molecule has 28 heavy (non-hydrogen) atoms. The Morgan fingerprint density at radius 3 is 2.46 bits per heavy atom. The topological polar surface area (TPSA) is 79.9 Å². The van der Waals surface area contributed by atoms with Crippen LogP contribution in [0, 0.1) is 0 Å². The van der Waals surface area contributed by atoms with Crippen molar-refractivity contribution in [3.05, 3.63) is 53.1 Å². The van der Waals surface area contributed by atoms with Gasteiger partial charge in [-0.2, -0.15) is 0 Å². The second-order valence-electron chi connectivity index (χ2n) is 6.17. The van der Waals surface area contributed by atoms with Crippen molar-refractivity contribution in [1.29, 1.82) is 0 Å². The van der Waals surface area contributed by atoms with E-state index in [4.69, 9.17) is 21.1 Å². The summed E-state index contributed by atoms with van der Waals surface area (Å²) in [6, 6.07) is 11.9. The number of halogens is 1. The molecule has 150 valence electrons. The highest BCUT2D eigenvalue weighted by atomic mass is 35.5. The van der Waals surface area contributed by atoms with Crippen molar-refractivity contribution in [1.82, 2.24) is 5.32 Å². The summed E-state index contributed by atoms with van der Waals surface area (Å²) in [7, 11) is 5.26. The van der Waals surface area contributed by atoms with Crippen LogP contribution in [0.3, 0.4) is 0 Å². The van der Waals surface area contributed by atoms with E-state index < -0.39 is 0 Å². The second-order valence-corrected chi connectivity index (χ2v) is 6.60. The molecule has 2 aromatic rings. The van der Waals surface area contributed by atoms with E-state index in [1.54, 1.807) is 49.6 Å².